The monoisotopic (exact) mass is 392 g/mol. The first-order chi connectivity index (χ1) is 12.1. The van der Waals surface area contributed by atoms with Gasteiger partial charge in [-0.15, -0.1) is 0 Å². The quantitative estimate of drug-likeness (QED) is 0.242. The Morgan fingerprint density at radius 2 is 1.44 bits per heavy atom. The molecule has 0 saturated carbocycles. The number of aliphatic hydroxyl groups is 1. The van der Waals surface area contributed by atoms with Crippen molar-refractivity contribution in [3.8, 4) is 0 Å². The van der Waals surface area contributed by atoms with Gasteiger partial charge in [0.15, 0.2) is 5.60 Å². The Kier molecular flexibility index (Phi) is 9.87. The molecule has 1 aromatic carbocycles. The van der Waals surface area contributed by atoms with Gasteiger partial charge < -0.3 is 26.2 Å². The molecular formula is C16H17NaO10. The summed E-state index contributed by atoms with van der Waals surface area (Å²) in [4.78, 5) is 56.5. The summed E-state index contributed by atoms with van der Waals surface area (Å²) < 4.78 is 9.16. The van der Waals surface area contributed by atoms with E-state index in [1.165, 1.54) is 24.3 Å². The average Bonchev–Trinajstić information content (AvgIpc) is 2.54. The SMILES string of the molecule is CCOC(=O)c1ccc(C(=O)OC(=O)CC(O)(CC(=O)O)C(=O)O)cc1.[H-].[Na+]. The summed E-state index contributed by atoms with van der Waals surface area (Å²) in [6, 6.07) is 4.89. The third kappa shape index (κ3) is 7.47. The fraction of sp³-hybridized carbons (Fsp3) is 0.312. The molecule has 1 rings (SSSR count). The molecule has 0 saturated heterocycles. The Morgan fingerprint density at radius 1 is 0.963 bits per heavy atom. The predicted molar refractivity (Wildman–Crippen MR) is 83.4 cm³/mol. The van der Waals surface area contributed by atoms with Crippen molar-refractivity contribution in [1.82, 2.24) is 0 Å². The van der Waals surface area contributed by atoms with Gasteiger partial charge >= 0.3 is 59.4 Å². The van der Waals surface area contributed by atoms with E-state index >= 15 is 0 Å². The van der Waals surface area contributed by atoms with E-state index in [-0.39, 0.29) is 48.7 Å². The van der Waals surface area contributed by atoms with E-state index in [1.54, 1.807) is 6.92 Å². The number of carboxylic acids is 2. The summed E-state index contributed by atoms with van der Waals surface area (Å²) in [5.74, 6) is -6.78. The van der Waals surface area contributed by atoms with Gasteiger partial charge in [0, 0.05) is 0 Å². The van der Waals surface area contributed by atoms with E-state index in [4.69, 9.17) is 14.9 Å². The molecule has 0 aromatic heterocycles. The molecule has 10 nitrogen and oxygen atoms in total. The second-order valence-electron chi connectivity index (χ2n) is 5.14. The smallest absolute Gasteiger partial charge is 1.00 e. The van der Waals surface area contributed by atoms with Crippen molar-refractivity contribution in [1.29, 1.82) is 0 Å². The molecule has 1 atom stereocenters. The maximum atomic E-state index is 11.8. The third-order valence-electron chi connectivity index (χ3n) is 3.12. The van der Waals surface area contributed by atoms with E-state index in [0.29, 0.717) is 0 Å². The van der Waals surface area contributed by atoms with Crippen LogP contribution in [0.4, 0.5) is 0 Å². The minimum Gasteiger partial charge on any atom is -1.00 e. The number of aliphatic carboxylic acids is 2. The Hall–Kier alpha value is -2.27. The first-order valence-electron chi connectivity index (χ1n) is 7.29. The van der Waals surface area contributed by atoms with E-state index in [2.05, 4.69) is 4.74 Å². The maximum Gasteiger partial charge on any atom is 1.00 e. The zero-order chi connectivity index (χ0) is 19.9. The summed E-state index contributed by atoms with van der Waals surface area (Å²) >= 11 is 0. The number of benzene rings is 1. The molecule has 142 valence electrons. The van der Waals surface area contributed by atoms with Crippen LogP contribution in [0.3, 0.4) is 0 Å². The largest absolute Gasteiger partial charge is 1.00 e. The Morgan fingerprint density at radius 3 is 1.85 bits per heavy atom. The van der Waals surface area contributed by atoms with Crippen LogP contribution in [0.1, 0.15) is 41.9 Å². The molecule has 1 aromatic rings. The van der Waals surface area contributed by atoms with Crippen LogP contribution < -0.4 is 29.6 Å². The van der Waals surface area contributed by atoms with Crippen molar-refractivity contribution in [3.05, 3.63) is 35.4 Å². The van der Waals surface area contributed by atoms with Crippen molar-refractivity contribution in [2.24, 2.45) is 0 Å². The zero-order valence-corrected chi connectivity index (χ0v) is 16.6. The number of carbonyl (C=O) groups excluding carboxylic acids is 3. The van der Waals surface area contributed by atoms with Gasteiger partial charge in [-0.25, -0.2) is 14.4 Å². The second kappa shape index (κ2) is 10.8. The summed E-state index contributed by atoms with van der Waals surface area (Å²) in [5, 5.41) is 27.2. The first-order valence-corrected chi connectivity index (χ1v) is 7.29. The molecule has 0 aliphatic carbocycles. The van der Waals surface area contributed by atoms with Gasteiger partial charge in [0.25, 0.3) is 0 Å². The van der Waals surface area contributed by atoms with Crippen molar-refractivity contribution >= 4 is 29.8 Å². The molecule has 0 radical (unpaired) electrons. The van der Waals surface area contributed by atoms with Gasteiger partial charge in [0.1, 0.15) is 0 Å². The molecule has 0 bridgehead atoms. The molecule has 0 aliphatic heterocycles. The summed E-state index contributed by atoms with van der Waals surface area (Å²) in [7, 11) is 0. The first kappa shape index (κ1) is 24.7. The van der Waals surface area contributed by atoms with Gasteiger partial charge in [0.2, 0.25) is 0 Å². The number of carboxylic acid groups (broad SMARTS) is 2. The Bertz CT molecular complexity index is 733. The maximum absolute atomic E-state index is 11.8. The fourth-order valence-corrected chi connectivity index (χ4v) is 1.86. The number of rotatable bonds is 8. The predicted octanol–water partition coefficient (Wildman–Crippen LogP) is -2.66. The van der Waals surface area contributed by atoms with Crippen LogP contribution in [0.2, 0.25) is 0 Å². The van der Waals surface area contributed by atoms with Crippen molar-refractivity contribution in [2.75, 3.05) is 6.61 Å². The molecule has 11 heteroatoms. The zero-order valence-electron chi connectivity index (χ0n) is 15.6. The number of ether oxygens (including phenoxy) is 2. The van der Waals surface area contributed by atoms with E-state index in [9.17, 15) is 29.1 Å². The van der Waals surface area contributed by atoms with Crippen molar-refractivity contribution < 1.29 is 79.7 Å². The number of carbonyl (C=O) groups is 5. The van der Waals surface area contributed by atoms with Gasteiger partial charge in [-0.05, 0) is 31.2 Å². The Balaban J connectivity index is 0. The topological polar surface area (TPSA) is 165 Å². The van der Waals surface area contributed by atoms with Crippen molar-refractivity contribution in [2.45, 2.75) is 25.4 Å². The van der Waals surface area contributed by atoms with Crippen LogP contribution in [0.15, 0.2) is 24.3 Å². The summed E-state index contributed by atoms with van der Waals surface area (Å²) in [6.07, 6.45) is -2.48. The normalized spacial score (nSPS) is 12.1. The number of hydrogen-bond acceptors (Lipinski definition) is 8. The molecule has 0 aliphatic rings. The molecule has 27 heavy (non-hydrogen) atoms. The molecule has 0 spiro atoms. The van der Waals surface area contributed by atoms with Crippen LogP contribution in [0.25, 0.3) is 0 Å². The minimum atomic E-state index is -2.91. The van der Waals surface area contributed by atoms with Gasteiger partial charge in [-0.3, -0.25) is 9.59 Å². The molecule has 3 N–H and O–H groups in total. The molecule has 1 unspecified atom stereocenters. The van der Waals surface area contributed by atoms with Crippen LogP contribution in [0, 0.1) is 0 Å². The van der Waals surface area contributed by atoms with Crippen LogP contribution in [0.5, 0.6) is 0 Å². The van der Waals surface area contributed by atoms with Crippen LogP contribution in [-0.4, -0.2) is 57.4 Å². The Labute approximate surface area is 176 Å². The van der Waals surface area contributed by atoms with E-state index < -0.39 is 48.3 Å². The minimum absolute atomic E-state index is 0. The molecule has 0 heterocycles. The van der Waals surface area contributed by atoms with Gasteiger partial charge in [0.05, 0.1) is 30.6 Å². The van der Waals surface area contributed by atoms with E-state index in [1.807, 2.05) is 0 Å². The number of esters is 3. The second-order valence-corrected chi connectivity index (χ2v) is 5.14. The summed E-state index contributed by atoms with van der Waals surface area (Å²) in [5.41, 5.74) is -2.86. The van der Waals surface area contributed by atoms with E-state index in [0.717, 1.165) is 0 Å². The third-order valence-corrected chi connectivity index (χ3v) is 3.12. The molecule has 0 amide bonds. The van der Waals surface area contributed by atoms with Gasteiger partial charge in [-0.1, -0.05) is 0 Å². The van der Waals surface area contributed by atoms with Crippen LogP contribution >= 0.6 is 0 Å². The van der Waals surface area contributed by atoms with Gasteiger partial charge in [-0.2, -0.15) is 0 Å². The van der Waals surface area contributed by atoms with Crippen molar-refractivity contribution in [3.63, 3.8) is 0 Å². The summed E-state index contributed by atoms with van der Waals surface area (Å²) in [6.45, 7) is 1.79. The fourth-order valence-electron chi connectivity index (χ4n) is 1.86. The number of hydrogen-bond donors (Lipinski definition) is 3. The molecular weight excluding hydrogens is 375 g/mol. The standard InChI is InChI=1S/C16H16O10.Na.H/c1-2-25-13(20)9-3-5-10(6-4-9)14(21)26-12(19)8-16(24,15(22)23)7-11(17)18;;/h3-6,24H,2,7-8H2,1H3,(H,17,18)(H,22,23);;/q;+1;-1. The molecule has 0 fully saturated rings. The van der Waals surface area contributed by atoms with Crippen LogP contribution in [-0.2, 0) is 23.9 Å². The average molecular weight is 392 g/mol.